The molecule has 1 rings (SSSR count). The van der Waals surface area contributed by atoms with E-state index in [1.54, 1.807) is 13.0 Å². The highest BCUT2D eigenvalue weighted by molar-refractivity contribution is 6.07. The van der Waals surface area contributed by atoms with Crippen molar-refractivity contribution in [2.75, 3.05) is 0 Å². The zero-order valence-electron chi connectivity index (χ0n) is 12.0. The van der Waals surface area contributed by atoms with Crippen molar-refractivity contribution in [1.82, 2.24) is 0 Å². The van der Waals surface area contributed by atoms with Crippen LogP contribution in [0.15, 0.2) is 23.3 Å². The van der Waals surface area contributed by atoms with Crippen molar-refractivity contribution in [3.8, 4) is 0 Å². The van der Waals surface area contributed by atoms with Crippen LogP contribution in [-0.2, 0) is 4.79 Å². The van der Waals surface area contributed by atoms with Gasteiger partial charge in [0, 0.05) is 5.57 Å². The number of carbonyl (C=O) groups is 1. The normalized spacial score (nSPS) is 26.7. The third-order valence-electron chi connectivity index (χ3n) is 3.06. The number of aliphatic hydroxyl groups is 1. The third-order valence-corrected chi connectivity index (χ3v) is 3.06. The molecule has 0 amide bonds. The summed E-state index contributed by atoms with van der Waals surface area (Å²) in [6.07, 6.45) is 3.10. The highest BCUT2D eigenvalue weighted by Crippen LogP contribution is 2.45. The number of rotatable bonds is 0. The minimum absolute atomic E-state index is 0.0222. The predicted octanol–water partition coefficient (Wildman–Crippen LogP) is 3.27. The van der Waals surface area contributed by atoms with Crippen LogP contribution in [0.1, 0.15) is 48.5 Å². The summed E-state index contributed by atoms with van der Waals surface area (Å²) in [7, 11) is 0. The molecule has 0 bridgehead atoms. The second-order valence-corrected chi connectivity index (χ2v) is 7.10. The van der Waals surface area contributed by atoms with Gasteiger partial charge in [0.05, 0.1) is 0 Å². The Bertz CT molecular complexity index is 396. The molecule has 0 fully saturated rings. The fourth-order valence-corrected chi connectivity index (χ4v) is 2.66. The second-order valence-electron chi connectivity index (χ2n) is 7.10. The van der Waals surface area contributed by atoms with E-state index in [4.69, 9.17) is 0 Å². The van der Waals surface area contributed by atoms with Crippen LogP contribution in [0, 0.1) is 10.8 Å². The van der Waals surface area contributed by atoms with Gasteiger partial charge >= 0.3 is 0 Å². The molecule has 1 unspecified atom stereocenters. The lowest BCUT2D eigenvalue weighted by molar-refractivity contribution is -0.112. The molecular formula is C15H24O2. The molecule has 96 valence electrons. The smallest absolute Gasteiger partial charge is 0.182 e. The summed E-state index contributed by atoms with van der Waals surface area (Å²) < 4.78 is 0. The molecular weight excluding hydrogens is 212 g/mol. The molecule has 0 aromatic rings. The van der Waals surface area contributed by atoms with E-state index in [9.17, 15) is 9.90 Å². The number of allylic oxidation sites excluding steroid dienone is 2. The Morgan fingerprint density at radius 3 is 1.82 bits per heavy atom. The van der Waals surface area contributed by atoms with Crippen LogP contribution < -0.4 is 0 Å². The first-order valence-electron chi connectivity index (χ1n) is 6.09. The van der Waals surface area contributed by atoms with Crippen molar-refractivity contribution in [3.05, 3.63) is 23.3 Å². The maximum Gasteiger partial charge on any atom is 0.182 e. The Kier molecular flexibility index (Phi) is 3.17. The molecule has 2 heteroatoms. The van der Waals surface area contributed by atoms with Gasteiger partial charge in [0.2, 0.25) is 0 Å². The van der Waals surface area contributed by atoms with Crippen molar-refractivity contribution >= 4 is 5.78 Å². The Morgan fingerprint density at radius 2 is 1.53 bits per heavy atom. The van der Waals surface area contributed by atoms with Gasteiger partial charge in [0.1, 0.15) is 5.60 Å². The van der Waals surface area contributed by atoms with Crippen molar-refractivity contribution in [1.29, 1.82) is 0 Å². The van der Waals surface area contributed by atoms with Crippen LogP contribution in [0.4, 0.5) is 0 Å². The van der Waals surface area contributed by atoms with Crippen molar-refractivity contribution < 1.29 is 9.90 Å². The molecule has 0 heterocycles. The van der Waals surface area contributed by atoms with E-state index >= 15 is 0 Å². The molecule has 1 aliphatic rings. The van der Waals surface area contributed by atoms with E-state index < -0.39 is 5.60 Å². The van der Waals surface area contributed by atoms with E-state index in [2.05, 4.69) is 0 Å². The van der Waals surface area contributed by atoms with E-state index in [1.165, 1.54) is 6.08 Å². The highest BCUT2D eigenvalue weighted by Gasteiger charge is 2.41. The van der Waals surface area contributed by atoms with Crippen LogP contribution in [0.25, 0.3) is 0 Å². The molecule has 0 spiro atoms. The van der Waals surface area contributed by atoms with Gasteiger partial charge in [-0.15, -0.1) is 0 Å². The molecule has 0 saturated carbocycles. The quantitative estimate of drug-likeness (QED) is 0.701. The number of carbonyl (C=O) groups excluding carboxylic acids is 1. The molecule has 1 N–H and O–H groups in total. The second kappa shape index (κ2) is 3.81. The van der Waals surface area contributed by atoms with Crippen LogP contribution >= 0.6 is 0 Å². The average Bonchev–Trinajstić information content (AvgIpc) is 2.04. The standard InChI is InChI=1S/C15H24O2/c1-13(2,3)11-10(16)8-9-15(7,17)12(11)14(4,5)6/h8-9,17H,1-7H3. The molecule has 1 aliphatic carbocycles. The van der Waals surface area contributed by atoms with Crippen LogP contribution in [0.5, 0.6) is 0 Å². The topological polar surface area (TPSA) is 37.3 Å². The monoisotopic (exact) mass is 236 g/mol. The minimum atomic E-state index is -1.03. The lowest BCUT2D eigenvalue weighted by Gasteiger charge is -2.41. The van der Waals surface area contributed by atoms with Gasteiger partial charge < -0.3 is 5.11 Å². The van der Waals surface area contributed by atoms with Gasteiger partial charge in [0.25, 0.3) is 0 Å². The summed E-state index contributed by atoms with van der Waals surface area (Å²) in [6.45, 7) is 13.9. The first-order chi connectivity index (χ1) is 7.37. The zero-order valence-corrected chi connectivity index (χ0v) is 12.0. The summed E-state index contributed by atoms with van der Waals surface area (Å²) in [5.74, 6) is 0.0222. The summed E-state index contributed by atoms with van der Waals surface area (Å²) in [4.78, 5) is 12.1. The third kappa shape index (κ3) is 2.68. The minimum Gasteiger partial charge on any atom is -0.382 e. The molecule has 1 atom stereocenters. The zero-order chi connectivity index (χ0) is 13.6. The Morgan fingerprint density at radius 1 is 1.06 bits per heavy atom. The predicted molar refractivity (Wildman–Crippen MR) is 70.7 cm³/mol. The fourth-order valence-electron chi connectivity index (χ4n) is 2.66. The van der Waals surface area contributed by atoms with E-state index in [-0.39, 0.29) is 16.6 Å². The summed E-state index contributed by atoms with van der Waals surface area (Å²) in [6, 6.07) is 0. The van der Waals surface area contributed by atoms with E-state index in [0.717, 1.165) is 11.1 Å². The Hall–Kier alpha value is -0.890. The van der Waals surface area contributed by atoms with E-state index in [1.807, 2.05) is 41.5 Å². The maximum absolute atomic E-state index is 12.1. The van der Waals surface area contributed by atoms with Gasteiger partial charge in [-0.2, -0.15) is 0 Å². The highest BCUT2D eigenvalue weighted by atomic mass is 16.3. The molecule has 17 heavy (non-hydrogen) atoms. The largest absolute Gasteiger partial charge is 0.382 e. The first-order valence-corrected chi connectivity index (χ1v) is 6.09. The van der Waals surface area contributed by atoms with Crippen molar-refractivity contribution in [2.45, 2.75) is 54.1 Å². The lowest BCUT2D eigenvalue weighted by Crippen LogP contribution is -2.40. The van der Waals surface area contributed by atoms with Crippen LogP contribution in [-0.4, -0.2) is 16.5 Å². The van der Waals surface area contributed by atoms with Gasteiger partial charge in [-0.3, -0.25) is 4.79 Å². The molecule has 0 aromatic heterocycles. The van der Waals surface area contributed by atoms with Crippen molar-refractivity contribution in [2.24, 2.45) is 10.8 Å². The fraction of sp³-hybridized carbons (Fsp3) is 0.667. The van der Waals surface area contributed by atoms with Gasteiger partial charge in [0.15, 0.2) is 5.78 Å². The average molecular weight is 236 g/mol. The molecule has 2 nitrogen and oxygen atoms in total. The molecule has 0 aromatic carbocycles. The summed E-state index contributed by atoms with van der Waals surface area (Å²) in [5.41, 5.74) is 0.0675. The number of ketones is 1. The lowest BCUT2D eigenvalue weighted by atomic mass is 9.65. The SMILES string of the molecule is CC(C)(C)C1=C(C(C)(C)C)C(C)(O)C=CC1=O. The Labute approximate surface area is 104 Å². The van der Waals surface area contributed by atoms with Gasteiger partial charge in [-0.1, -0.05) is 41.5 Å². The van der Waals surface area contributed by atoms with Crippen LogP contribution in [0.3, 0.4) is 0 Å². The number of hydrogen-bond donors (Lipinski definition) is 1. The number of hydrogen-bond acceptors (Lipinski definition) is 2. The van der Waals surface area contributed by atoms with Gasteiger partial charge in [-0.05, 0) is 35.5 Å². The molecule has 0 aliphatic heterocycles. The van der Waals surface area contributed by atoms with Crippen molar-refractivity contribution in [3.63, 3.8) is 0 Å². The first kappa shape index (κ1) is 14.2. The Balaban J connectivity index is 3.60. The maximum atomic E-state index is 12.1. The van der Waals surface area contributed by atoms with Crippen LogP contribution in [0.2, 0.25) is 0 Å². The molecule has 0 radical (unpaired) electrons. The molecule has 0 saturated heterocycles. The summed E-state index contributed by atoms with van der Waals surface area (Å²) >= 11 is 0. The van der Waals surface area contributed by atoms with E-state index in [0.29, 0.717) is 0 Å². The van der Waals surface area contributed by atoms with Gasteiger partial charge in [-0.25, -0.2) is 0 Å². The summed E-state index contributed by atoms with van der Waals surface area (Å²) in [5, 5.41) is 10.5.